The Balaban J connectivity index is 1.39. The standard InChI is InChI=1S/C25H27FN6O3S2/c1-29(2)23(34)18-11-15(4-5-19(18)26)10-16-12-27-22(36-16)20-21(33)24(35)32-14-17(37-25(32)28-20)13-31-8-6-30(3)7-9-31/h4-5,11-12,14,33H,6-10,13H2,1-3H3. The normalized spacial score (nSPS) is 14.9. The molecular weight excluding hydrogens is 515 g/mol. The molecule has 9 nitrogen and oxygen atoms in total. The number of carbonyl (C=O) groups is 1. The van der Waals surface area contributed by atoms with Crippen molar-refractivity contribution in [2.24, 2.45) is 0 Å². The van der Waals surface area contributed by atoms with Crippen LogP contribution in [0.25, 0.3) is 15.7 Å². The van der Waals surface area contributed by atoms with E-state index in [1.54, 1.807) is 38.6 Å². The van der Waals surface area contributed by atoms with Crippen molar-refractivity contribution < 1.29 is 14.3 Å². The van der Waals surface area contributed by atoms with Gasteiger partial charge in [-0.15, -0.1) is 11.3 Å². The third kappa shape index (κ3) is 5.28. The van der Waals surface area contributed by atoms with Crippen molar-refractivity contribution in [2.75, 3.05) is 47.3 Å². The fourth-order valence-electron chi connectivity index (χ4n) is 4.21. The SMILES string of the molecule is CN1CCN(Cc2cn3c(=O)c(O)c(-c4ncc(Cc5ccc(F)c(C(=O)N(C)C)c5)s4)nc3s2)CC1. The zero-order valence-corrected chi connectivity index (χ0v) is 22.4. The van der Waals surface area contributed by atoms with Crippen LogP contribution in [0.5, 0.6) is 5.75 Å². The van der Waals surface area contributed by atoms with Gasteiger partial charge in [0.05, 0.1) is 5.56 Å². The van der Waals surface area contributed by atoms with Crippen molar-refractivity contribution in [1.29, 1.82) is 0 Å². The molecule has 0 spiro atoms. The minimum atomic E-state index is -0.571. The number of likely N-dealkylation sites (N-methyl/N-ethyl adjacent to an activating group) is 1. The van der Waals surface area contributed by atoms with Gasteiger partial charge in [-0.3, -0.25) is 18.9 Å². The molecule has 0 radical (unpaired) electrons. The number of carbonyl (C=O) groups excluding carboxylic acids is 1. The summed E-state index contributed by atoms with van der Waals surface area (Å²) < 4.78 is 15.6. The molecule has 1 aliphatic heterocycles. The van der Waals surface area contributed by atoms with Crippen LogP contribution in [0, 0.1) is 5.82 Å². The molecule has 5 rings (SSSR count). The first-order valence-corrected chi connectivity index (χ1v) is 13.4. The Hall–Kier alpha value is -3.19. The van der Waals surface area contributed by atoms with Crippen molar-refractivity contribution in [3.63, 3.8) is 0 Å². The van der Waals surface area contributed by atoms with Gasteiger partial charge in [-0.05, 0) is 24.7 Å². The summed E-state index contributed by atoms with van der Waals surface area (Å²) in [7, 11) is 5.26. The monoisotopic (exact) mass is 542 g/mol. The molecule has 0 atom stereocenters. The third-order valence-electron chi connectivity index (χ3n) is 6.33. The van der Waals surface area contributed by atoms with Crippen LogP contribution in [-0.4, -0.2) is 87.4 Å². The second kappa shape index (κ2) is 10.3. The number of nitrogens with zero attached hydrogens (tertiary/aromatic N) is 6. The third-order valence-corrected chi connectivity index (χ3v) is 8.30. The predicted octanol–water partition coefficient (Wildman–Crippen LogP) is 2.76. The summed E-state index contributed by atoms with van der Waals surface area (Å²) in [6.45, 7) is 4.67. The minimum Gasteiger partial charge on any atom is -0.501 e. The molecule has 0 unspecified atom stereocenters. The zero-order valence-electron chi connectivity index (χ0n) is 20.8. The summed E-state index contributed by atoms with van der Waals surface area (Å²) >= 11 is 2.73. The molecule has 3 aromatic heterocycles. The van der Waals surface area contributed by atoms with E-state index < -0.39 is 23.0 Å². The highest BCUT2D eigenvalue weighted by atomic mass is 32.1. The van der Waals surface area contributed by atoms with Gasteiger partial charge >= 0.3 is 5.56 Å². The van der Waals surface area contributed by atoms with Crippen LogP contribution < -0.4 is 5.56 Å². The Kier molecular flexibility index (Phi) is 7.08. The van der Waals surface area contributed by atoms with E-state index in [1.165, 1.54) is 38.0 Å². The lowest BCUT2D eigenvalue weighted by atomic mass is 10.1. The Labute approximate surface area is 221 Å². The maximum atomic E-state index is 14.2. The summed E-state index contributed by atoms with van der Waals surface area (Å²) in [4.78, 5) is 42.5. The summed E-state index contributed by atoms with van der Waals surface area (Å²) in [6.07, 6.45) is 3.82. The predicted molar refractivity (Wildman–Crippen MR) is 142 cm³/mol. The highest BCUT2D eigenvalue weighted by Gasteiger charge is 2.21. The number of benzene rings is 1. The molecule has 0 bridgehead atoms. The molecule has 0 aliphatic carbocycles. The highest BCUT2D eigenvalue weighted by molar-refractivity contribution is 7.17. The largest absolute Gasteiger partial charge is 0.501 e. The quantitative estimate of drug-likeness (QED) is 0.401. The van der Waals surface area contributed by atoms with Crippen LogP contribution >= 0.6 is 22.7 Å². The smallest absolute Gasteiger partial charge is 0.301 e. The van der Waals surface area contributed by atoms with Crippen LogP contribution in [0.4, 0.5) is 4.39 Å². The summed E-state index contributed by atoms with van der Waals surface area (Å²) in [5, 5.41) is 11.1. The van der Waals surface area contributed by atoms with Crippen LogP contribution in [0.3, 0.4) is 0 Å². The van der Waals surface area contributed by atoms with Crippen molar-refractivity contribution in [3.8, 4) is 16.5 Å². The minimum absolute atomic E-state index is 0.00935. The summed E-state index contributed by atoms with van der Waals surface area (Å²) in [5.74, 6) is -1.42. The first-order valence-electron chi connectivity index (χ1n) is 11.8. The van der Waals surface area contributed by atoms with Gasteiger partial charge in [-0.2, -0.15) is 0 Å². The first-order chi connectivity index (χ1) is 17.7. The molecule has 1 aromatic carbocycles. The number of aromatic hydroxyl groups is 1. The summed E-state index contributed by atoms with van der Waals surface area (Å²) in [6, 6.07) is 4.45. The fourth-order valence-corrected chi connectivity index (χ4v) is 6.16. The van der Waals surface area contributed by atoms with Crippen molar-refractivity contribution in [3.05, 3.63) is 67.6 Å². The number of fused-ring (bicyclic) bond motifs is 1. The number of piperazine rings is 1. The van der Waals surface area contributed by atoms with E-state index in [-0.39, 0.29) is 11.3 Å². The lowest BCUT2D eigenvalue weighted by Gasteiger charge is -2.31. The van der Waals surface area contributed by atoms with Crippen LogP contribution in [0.15, 0.2) is 35.4 Å². The van der Waals surface area contributed by atoms with Gasteiger partial charge in [0.1, 0.15) is 16.5 Å². The highest BCUT2D eigenvalue weighted by Crippen LogP contribution is 2.31. The molecule has 4 heterocycles. The molecule has 194 valence electrons. The molecule has 1 saturated heterocycles. The Morgan fingerprint density at radius 2 is 1.92 bits per heavy atom. The van der Waals surface area contributed by atoms with Gasteiger partial charge in [-0.25, -0.2) is 14.4 Å². The molecule has 1 amide bonds. The van der Waals surface area contributed by atoms with Crippen molar-refractivity contribution in [1.82, 2.24) is 29.1 Å². The average Bonchev–Trinajstić information content (AvgIpc) is 3.50. The number of hydrogen-bond donors (Lipinski definition) is 1. The molecule has 4 aromatic rings. The van der Waals surface area contributed by atoms with Gasteiger partial charge in [-0.1, -0.05) is 17.4 Å². The number of amides is 1. The Morgan fingerprint density at radius 1 is 1.16 bits per heavy atom. The van der Waals surface area contributed by atoms with Gasteiger partial charge < -0.3 is 14.9 Å². The maximum Gasteiger partial charge on any atom is 0.301 e. The van der Waals surface area contributed by atoms with Crippen molar-refractivity contribution in [2.45, 2.75) is 13.0 Å². The Bertz CT molecular complexity index is 1520. The van der Waals surface area contributed by atoms with E-state index in [0.29, 0.717) is 16.4 Å². The van der Waals surface area contributed by atoms with E-state index in [9.17, 15) is 19.1 Å². The van der Waals surface area contributed by atoms with E-state index in [0.717, 1.165) is 48.0 Å². The molecule has 12 heteroatoms. The molecule has 37 heavy (non-hydrogen) atoms. The van der Waals surface area contributed by atoms with Crippen LogP contribution in [0.1, 0.15) is 25.7 Å². The Morgan fingerprint density at radius 3 is 2.65 bits per heavy atom. The first kappa shape index (κ1) is 25.5. The van der Waals surface area contributed by atoms with Gasteiger partial charge in [0.2, 0.25) is 5.75 Å². The molecule has 1 fully saturated rings. The van der Waals surface area contributed by atoms with Gasteiger partial charge in [0.25, 0.3) is 5.91 Å². The number of aromatic nitrogens is 3. The average molecular weight is 543 g/mol. The zero-order chi connectivity index (χ0) is 26.3. The van der Waals surface area contributed by atoms with Gasteiger partial charge in [0, 0.05) is 75.4 Å². The second-order valence-electron chi connectivity index (χ2n) is 9.37. The van der Waals surface area contributed by atoms with Gasteiger partial charge in [0.15, 0.2) is 4.96 Å². The van der Waals surface area contributed by atoms with Crippen LogP contribution in [0.2, 0.25) is 0 Å². The number of thiazole rings is 2. The van der Waals surface area contributed by atoms with E-state index in [2.05, 4.69) is 26.8 Å². The van der Waals surface area contributed by atoms with Crippen molar-refractivity contribution >= 4 is 33.5 Å². The fraction of sp³-hybridized carbons (Fsp3) is 0.360. The van der Waals surface area contributed by atoms with E-state index >= 15 is 0 Å². The molecule has 0 saturated carbocycles. The van der Waals surface area contributed by atoms with Crippen LogP contribution in [-0.2, 0) is 13.0 Å². The maximum absolute atomic E-state index is 14.2. The summed E-state index contributed by atoms with van der Waals surface area (Å²) in [5.41, 5.74) is 0.385. The van der Waals surface area contributed by atoms with E-state index in [4.69, 9.17) is 0 Å². The number of rotatable bonds is 6. The van der Waals surface area contributed by atoms with E-state index in [1.807, 2.05) is 0 Å². The lowest BCUT2D eigenvalue weighted by molar-refractivity contribution is 0.0823. The molecule has 1 aliphatic rings. The molecular formula is C25H27FN6O3S2. The number of halogens is 1. The second-order valence-corrected chi connectivity index (χ2v) is 11.6. The molecule has 1 N–H and O–H groups in total. The number of hydrogen-bond acceptors (Lipinski definition) is 9. The topological polar surface area (TPSA) is 94.3 Å². The lowest BCUT2D eigenvalue weighted by Crippen LogP contribution is -2.43.